The maximum Gasteiger partial charge on any atom is 0.136 e. The van der Waals surface area contributed by atoms with Crippen LogP contribution in [0.5, 0.6) is 0 Å². The van der Waals surface area contributed by atoms with E-state index in [-0.39, 0.29) is 6.04 Å². The third-order valence-electron chi connectivity index (χ3n) is 9.32. The first kappa shape index (κ1) is 28.7. The van der Waals surface area contributed by atoms with E-state index in [4.69, 9.17) is 9.41 Å². The number of para-hydroxylation sites is 1. The Hall–Kier alpha value is -6.45. The van der Waals surface area contributed by atoms with Crippen LogP contribution in [0.1, 0.15) is 22.7 Å². The highest BCUT2D eigenvalue weighted by molar-refractivity contribution is 6.07. The van der Waals surface area contributed by atoms with E-state index in [1.54, 1.807) is 0 Å². The number of hydrogen-bond donors (Lipinski definition) is 1. The summed E-state index contributed by atoms with van der Waals surface area (Å²) in [5.41, 5.74) is 12.9. The van der Waals surface area contributed by atoms with E-state index in [2.05, 4.69) is 175 Å². The molecule has 1 unspecified atom stereocenters. The third kappa shape index (κ3) is 5.62. The predicted octanol–water partition coefficient (Wildman–Crippen LogP) is 11.7. The normalized spacial score (nSPS) is 14.3. The number of furan rings is 1. The molecule has 0 radical (unpaired) electrons. The van der Waals surface area contributed by atoms with Crippen LogP contribution in [0.2, 0.25) is 0 Å². The van der Waals surface area contributed by atoms with Gasteiger partial charge in [0.05, 0.1) is 11.7 Å². The van der Waals surface area contributed by atoms with Crippen LogP contribution in [0, 0.1) is 0 Å². The largest absolute Gasteiger partial charge is 0.456 e. The standard InChI is InChI=1S/C46H32N2O/c1-4-12-31(13-5-1)34-20-22-35(23-21-34)42-30-43(36-24-25-41-40-18-10-11-19-44(40)49-45(41)29-36)48-46(47-42)39-27-37(32-14-6-2-7-15-32)26-38(28-39)33-16-8-3-9-17-33/h1-30,42H,(H,47,48). The Labute approximate surface area is 285 Å². The Morgan fingerprint density at radius 1 is 0.408 bits per heavy atom. The molecule has 1 atom stereocenters. The smallest absolute Gasteiger partial charge is 0.136 e. The fraction of sp³-hybridized carbons (Fsp3) is 0.0217. The van der Waals surface area contributed by atoms with Crippen LogP contribution < -0.4 is 5.32 Å². The summed E-state index contributed by atoms with van der Waals surface area (Å²) in [4.78, 5) is 5.32. The van der Waals surface area contributed by atoms with Gasteiger partial charge < -0.3 is 9.73 Å². The zero-order valence-corrected chi connectivity index (χ0v) is 26.8. The molecule has 2 heterocycles. The molecule has 0 saturated carbocycles. The number of aliphatic imine (C=N–C) groups is 1. The van der Waals surface area contributed by atoms with Crippen molar-refractivity contribution >= 4 is 33.5 Å². The highest BCUT2D eigenvalue weighted by Crippen LogP contribution is 2.35. The fourth-order valence-corrected chi connectivity index (χ4v) is 6.78. The second-order valence-corrected chi connectivity index (χ2v) is 12.5. The van der Waals surface area contributed by atoms with E-state index < -0.39 is 0 Å². The van der Waals surface area contributed by atoms with Crippen LogP contribution in [0.4, 0.5) is 0 Å². The van der Waals surface area contributed by atoms with Crippen molar-refractivity contribution in [2.75, 3.05) is 0 Å². The van der Waals surface area contributed by atoms with Gasteiger partial charge in [-0.05, 0) is 81.4 Å². The van der Waals surface area contributed by atoms with Gasteiger partial charge >= 0.3 is 0 Å². The highest BCUT2D eigenvalue weighted by Gasteiger charge is 2.22. The maximum atomic E-state index is 6.30. The van der Waals surface area contributed by atoms with E-state index in [0.717, 1.165) is 72.4 Å². The molecule has 49 heavy (non-hydrogen) atoms. The second kappa shape index (κ2) is 12.3. The average molecular weight is 629 g/mol. The summed E-state index contributed by atoms with van der Waals surface area (Å²) in [6.07, 6.45) is 2.23. The minimum atomic E-state index is -0.0979. The first-order valence-electron chi connectivity index (χ1n) is 16.7. The van der Waals surface area contributed by atoms with Gasteiger partial charge in [-0.3, -0.25) is 0 Å². The predicted molar refractivity (Wildman–Crippen MR) is 203 cm³/mol. The van der Waals surface area contributed by atoms with Gasteiger partial charge in [0.25, 0.3) is 0 Å². The van der Waals surface area contributed by atoms with Crippen molar-refractivity contribution in [1.29, 1.82) is 0 Å². The summed E-state index contributed by atoms with van der Waals surface area (Å²) in [5.74, 6) is 0.828. The lowest BCUT2D eigenvalue weighted by atomic mass is 9.94. The van der Waals surface area contributed by atoms with Crippen molar-refractivity contribution in [2.24, 2.45) is 4.99 Å². The molecule has 0 fully saturated rings. The minimum Gasteiger partial charge on any atom is -0.456 e. The summed E-state index contributed by atoms with van der Waals surface area (Å²) in [6, 6.07) is 61.8. The lowest BCUT2D eigenvalue weighted by molar-refractivity contribution is 0.668. The Balaban J connectivity index is 1.18. The Bertz CT molecular complexity index is 2440. The number of fused-ring (bicyclic) bond motifs is 3. The van der Waals surface area contributed by atoms with Gasteiger partial charge in [-0.2, -0.15) is 0 Å². The van der Waals surface area contributed by atoms with E-state index in [9.17, 15) is 0 Å². The van der Waals surface area contributed by atoms with Crippen molar-refractivity contribution in [1.82, 2.24) is 5.32 Å². The molecule has 3 heteroatoms. The molecule has 232 valence electrons. The molecule has 1 aromatic heterocycles. The lowest BCUT2D eigenvalue weighted by Gasteiger charge is -2.25. The van der Waals surface area contributed by atoms with Crippen molar-refractivity contribution < 1.29 is 4.42 Å². The molecule has 8 aromatic rings. The van der Waals surface area contributed by atoms with Gasteiger partial charge in [-0.25, -0.2) is 4.99 Å². The molecule has 1 N–H and O–H groups in total. The van der Waals surface area contributed by atoms with Crippen molar-refractivity contribution in [3.63, 3.8) is 0 Å². The Kier molecular flexibility index (Phi) is 7.21. The van der Waals surface area contributed by atoms with Crippen molar-refractivity contribution in [3.05, 3.63) is 199 Å². The van der Waals surface area contributed by atoms with Crippen molar-refractivity contribution in [2.45, 2.75) is 6.04 Å². The molecule has 1 aliphatic rings. The van der Waals surface area contributed by atoms with E-state index in [0.29, 0.717) is 0 Å². The first-order chi connectivity index (χ1) is 24.2. The topological polar surface area (TPSA) is 37.5 Å². The summed E-state index contributed by atoms with van der Waals surface area (Å²) in [5, 5.41) is 6.04. The zero-order valence-electron chi connectivity index (χ0n) is 26.8. The van der Waals surface area contributed by atoms with Crippen LogP contribution in [-0.4, -0.2) is 5.84 Å². The number of nitrogens with zero attached hydrogens (tertiary/aromatic N) is 1. The Morgan fingerprint density at radius 3 is 1.57 bits per heavy atom. The first-order valence-corrected chi connectivity index (χ1v) is 16.7. The summed E-state index contributed by atoms with van der Waals surface area (Å²) in [7, 11) is 0. The second-order valence-electron chi connectivity index (χ2n) is 12.5. The molecule has 0 amide bonds. The minimum absolute atomic E-state index is 0.0979. The monoisotopic (exact) mass is 628 g/mol. The van der Waals surface area contributed by atoms with Crippen molar-refractivity contribution in [3.8, 4) is 33.4 Å². The number of hydrogen-bond acceptors (Lipinski definition) is 3. The molecule has 0 spiro atoms. The summed E-state index contributed by atoms with van der Waals surface area (Å²) in [6.45, 7) is 0. The van der Waals surface area contributed by atoms with Gasteiger partial charge in [-0.15, -0.1) is 0 Å². The lowest BCUT2D eigenvalue weighted by Crippen LogP contribution is -2.31. The Morgan fingerprint density at radius 2 is 0.918 bits per heavy atom. The number of rotatable bonds is 6. The molecular weight excluding hydrogens is 597 g/mol. The molecular formula is C46H32N2O. The fourth-order valence-electron chi connectivity index (χ4n) is 6.78. The van der Waals surface area contributed by atoms with Gasteiger partial charge in [0.15, 0.2) is 0 Å². The van der Waals surface area contributed by atoms with Gasteiger partial charge in [0.1, 0.15) is 17.0 Å². The number of benzene rings is 7. The van der Waals surface area contributed by atoms with E-state index in [1.165, 1.54) is 11.1 Å². The van der Waals surface area contributed by atoms with Crippen LogP contribution in [-0.2, 0) is 0 Å². The summed E-state index contributed by atoms with van der Waals surface area (Å²) < 4.78 is 6.30. The number of amidine groups is 1. The molecule has 9 rings (SSSR count). The molecule has 7 aromatic carbocycles. The molecule has 0 saturated heterocycles. The SMILES string of the molecule is C1=C(c2ccc3c(c2)oc2ccccc23)N=C(c2cc(-c3ccccc3)cc(-c3ccccc3)c2)NC1c1ccc(-c2ccccc2)cc1. The van der Waals surface area contributed by atoms with Crippen LogP contribution >= 0.6 is 0 Å². The van der Waals surface area contributed by atoms with Crippen LogP contribution in [0.25, 0.3) is 61.0 Å². The van der Waals surface area contributed by atoms with Gasteiger partial charge in [-0.1, -0.05) is 140 Å². The highest BCUT2D eigenvalue weighted by atomic mass is 16.3. The van der Waals surface area contributed by atoms with Gasteiger partial charge in [0, 0.05) is 21.9 Å². The molecule has 3 nitrogen and oxygen atoms in total. The molecule has 1 aliphatic heterocycles. The molecule has 0 bridgehead atoms. The quantitative estimate of drug-likeness (QED) is 0.199. The zero-order chi connectivity index (χ0) is 32.6. The van der Waals surface area contributed by atoms with Crippen LogP contribution in [0.15, 0.2) is 191 Å². The number of nitrogens with one attached hydrogen (secondary N) is 1. The average Bonchev–Trinajstić information content (AvgIpc) is 3.57. The third-order valence-corrected chi connectivity index (χ3v) is 9.32. The molecule has 0 aliphatic carbocycles. The van der Waals surface area contributed by atoms with E-state index >= 15 is 0 Å². The summed E-state index contributed by atoms with van der Waals surface area (Å²) >= 11 is 0. The van der Waals surface area contributed by atoms with E-state index in [1.807, 2.05) is 12.1 Å². The van der Waals surface area contributed by atoms with Gasteiger partial charge in [0.2, 0.25) is 0 Å². The maximum absolute atomic E-state index is 6.30. The van der Waals surface area contributed by atoms with Crippen LogP contribution in [0.3, 0.4) is 0 Å².